The number of fused-ring (bicyclic) bond motifs is 1. The van der Waals surface area contributed by atoms with Crippen molar-refractivity contribution in [3.05, 3.63) is 52.0 Å². The molecule has 1 fully saturated rings. The third-order valence-corrected chi connectivity index (χ3v) is 4.77. The van der Waals surface area contributed by atoms with Gasteiger partial charge in [0.05, 0.1) is 5.69 Å². The van der Waals surface area contributed by atoms with Gasteiger partial charge in [0, 0.05) is 16.1 Å². The number of hydrogen-bond acceptors (Lipinski definition) is 7. The molecule has 150 valence electrons. The van der Waals surface area contributed by atoms with Gasteiger partial charge in [-0.05, 0) is 36.4 Å². The SMILES string of the molecule is N#CCOc1ccc(Br)cc1/C=C1\C(=O)NC(=O)N(c2ccc3c(c2)OCO3)C1=O. The zero-order valence-corrected chi connectivity index (χ0v) is 16.8. The normalized spacial score (nSPS) is 16.5. The standard InChI is InChI=1S/C20H12BrN3O6/c21-12-1-3-15(28-6-5-22)11(7-12)8-14-18(25)23-20(27)24(19(14)26)13-2-4-16-17(9-13)30-10-29-16/h1-4,7-9H,6,10H2,(H,23,25,27)/b14-8+. The first-order valence-corrected chi connectivity index (χ1v) is 9.37. The number of anilines is 1. The van der Waals surface area contributed by atoms with Crippen molar-refractivity contribution in [3.8, 4) is 23.3 Å². The van der Waals surface area contributed by atoms with E-state index < -0.39 is 17.8 Å². The fourth-order valence-corrected chi connectivity index (χ4v) is 3.32. The number of nitrogens with zero attached hydrogens (tertiary/aromatic N) is 2. The fourth-order valence-electron chi connectivity index (χ4n) is 2.95. The number of rotatable bonds is 4. The molecule has 2 aromatic carbocycles. The average Bonchev–Trinajstić information content (AvgIpc) is 3.18. The summed E-state index contributed by atoms with van der Waals surface area (Å²) in [6.07, 6.45) is 1.31. The third kappa shape index (κ3) is 3.58. The van der Waals surface area contributed by atoms with E-state index in [2.05, 4.69) is 21.2 Å². The van der Waals surface area contributed by atoms with Gasteiger partial charge in [-0.3, -0.25) is 14.9 Å². The van der Waals surface area contributed by atoms with Crippen LogP contribution in [0.15, 0.2) is 46.4 Å². The lowest BCUT2D eigenvalue weighted by molar-refractivity contribution is -0.122. The Morgan fingerprint density at radius 2 is 1.97 bits per heavy atom. The molecule has 0 aliphatic carbocycles. The molecule has 0 saturated carbocycles. The largest absolute Gasteiger partial charge is 0.478 e. The number of nitrogens with one attached hydrogen (secondary N) is 1. The summed E-state index contributed by atoms with van der Waals surface area (Å²) in [5.41, 5.74) is 0.334. The van der Waals surface area contributed by atoms with E-state index in [1.54, 1.807) is 24.3 Å². The van der Waals surface area contributed by atoms with Crippen molar-refractivity contribution in [3.63, 3.8) is 0 Å². The quantitative estimate of drug-likeness (QED) is 0.539. The van der Waals surface area contributed by atoms with Crippen molar-refractivity contribution in [2.24, 2.45) is 0 Å². The lowest BCUT2D eigenvalue weighted by Crippen LogP contribution is -2.54. The molecule has 4 rings (SSSR count). The van der Waals surface area contributed by atoms with Crippen LogP contribution in [0.5, 0.6) is 17.2 Å². The van der Waals surface area contributed by atoms with E-state index in [1.807, 2.05) is 6.07 Å². The maximum absolute atomic E-state index is 13.1. The minimum absolute atomic E-state index is 0.0386. The van der Waals surface area contributed by atoms with Crippen molar-refractivity contribution in [2.45, 2.75) is 0 Å². The van der Waals surface area contributed by atoms with Crippen LogP contribution >= 0.6 is 15.9 Å². The predicted molar refractivity (Wildman–Crippen MR) is 107 cm³/mol. The fraction of sp³-hybridized carbons (Fsp3) is 0.100. The van der Waals surface area contributed by atoms with Crippen LogP contribution in [-0.2, 0) is 9.59 Å². The number of barbiturate groups is 1. The molecule has 1 N–H and O–H groups in total. The number of halogens is 1. The van der Waals surface area contributed by atoms with Gasteiger partial charge in [0.15, 0.2) is 18.1 Å². The van der Waals surface area contributed by atoms with Crippen molar-refractivity contribution in [1.29, 1.82) is 5.26 Å². The molecule has 4 amide bonds. The first-order valence-electron chi connectivity index (χ1n) is 8.58. The molecule has 0 atom stereocenters. The summed E-state index contributed by atoms with van der Waals surface area (Å²) in [4.78, 5) is 38.7. The van der Waals surface area contributed by atoms with Gasteiger partial charge < -0.3 is 14.2 Å². The van der Waals surface area contributed by atoms with E-state index in [4.69, 9.17) is 19.5 Å². The molecule has 2 aliphatic heterocycles. The summed E-state index contributed by atoms with van der Waals surface area (Å²) in [6.45, 7) is -0.170. The number of nitriles is 1. The van der Waals surface area contributed by atoms with E-state index in [-0.39, 0.29) is 24.7 Å². The maximum Gasteiger partial charge on any atom is 0.335 e. The molecule has 10 heteroatoms. The molecule has 30 heavy (non-hydrogen) atoms. The molecule has 1 saturated heterocycles. The van der Waals surface area contributed by atoms with Gasteiger partial charge in [0.2, 0.25) is 6.79 Å². The molecule has 0 spiro atoms. The number of ether oxygens (including phenoxy) is 3. The number of urea groups is 1. The smallest absolute Gasteiger partial charge is 0.335 e. The van der Waals surface area contributed by atoms with Gasteiger partial charge >= 0.3 is 6.03 Å². The lowest BCUT2D eigenvalue weighted by Gasteiger charge is -2.26. The Bertz CT molecular complexity index is 1150. The summed E-state index contributed by atoms with van der Waals surface area (Å²) in [7, 11) is 0. The first-order chi connectivity index (χ1) is 14.5. The summed E-state index contributed by atoms with van der Waals surface area (Å²) in [5, 5.41) is 10.9. The molecular formula is C20H12BrN3O6. The van der Waals surface area contributed by atoms with Crippen LogP contribution in [0.3, 0.4) is 0 Å². The first kappa shape index (κ1) is 19.5. The molecule has 2 heterocycles. The Morgan fingerprint density at radius 3 is 2.77 bits per heavy atom. The zero-order valence-electron chi connectivity index (χ0n) is 15.2. The van der Waals surface area contributed by atoms with Crippen molar-refractivity contribution >= 4 is 45.5 Å². The van der Waals surface area contributed by atoms with Crippen LogP contribution < -0.4 is 24.4 Å². The zero-order chi connectivity index (χ0) is 21.3. The lowest BCUT2D eigenvalue weighted by atomic mass is 10.1. The van der Waals surface area contributed by atoms with E-state index in [1.165, 1.54) is 18.2 Å². The number of hydrogen-bond donors (Lipinski definition) is 1. The van der Waals surface area contributed by atoms with Crippen LogP contribution in [0, 0.1) is 11.3 Å². The Kier molecular flexibility index (Phi) is 5.12. The van der Waals surface area contributed by atoms with Crippen molar-refractivity contribution in [2.75, 3.05) is 18.3 Å². The van der Waals surface area contributed by atoms with Crippen LogP contribution in [-0.4, -0.2) is 31.2 Å². The van der Waals surface area contributed by atoms with E-state index in [9.17, 15) is 14.4 Å². The van der Waals surface area contributed by atoms with Gasteiger partial charge in [-0.1, -0.05) is 15.9 Å². The Balaban J connectivity index is 1.73. The Morgan fingerprint density at radius 1 is 1.17 bits per heavy atom. The van der Waals surface area contributed by atoms with E-state index in [0.717, 1.165) is 4.90 Å². The topological polar surface area (TPSA) is 118 Å². The monoisotopic (exact) mass is 469 g/mol. The Hall–Kier alpha value is -3.84. The van der Waals surface area contributed by atoms with Gasteiger partial charge in [0.1, 0.15) is 17.4 Å². The molecule has 0 radical (unpaired) electrons. The van der Waals surface area contributed by atoms with Gasteiger partial charge in [-0.25, -0.2) is 9.69 Å². The molecule has 0 unspecified atom stereocenters. The number of carbonyl (C=O) groups excluding carboxylic acids is 3. The number of benzene rings is 2. The summed E-state index contributed by atoms with van der Waals surface area (Å²) in [6, 6.07) is 10.5. The third-order valence-electron chi connectivity index (χ3n) is 4.28. The van der Waals surface area contributed by atoms with Gasteiger partial charge in [-0.15, -0.1) is 0 Å². The van der Waals surface area contributed by atoms with Crippen LogP contribution in [0.25, 0.3) is 6.08 Å². The average molecular weight is 470 g/mol. The minimum Gasteiger partial charge on any atom is -0.478 e. The highest BCUT2D eigenvalue weighted by Gasteiger charge is 2.37. The minimum atomic E-state index is -0.879. The number of carbonyl (C=O) groups is 3. The molecule has 0 bridgehead atoms. The highest BCUT2D eigenvalue weighted by molar-refractivity contribution is 9.10. The van der Waals surface area contributed by atoms with Crippen LogP contribution in [0.2, 0.25) is 0 Å². The van der Waals surface area contributed by atoms with Crippen LogP contribution in [0.4, 0.5) is 10.5 Å². The van der Waals surface area contributed by atoms with Gasteiger partial charge in [-0.2, -0.15) is 5.26 Å². The van der Waals surface area contributed by atoms with Crippen LogP contribution in [0.1, 0.15) is 5.56 Å². The molecule has 0 aromatic heterocycles. The number of amides is 4. The summed E-state index contributed by atoms with van der Waals surface area (Å²) < 4.78 is 16.6. The molecular weight excluding hydrogens is 458 g/mol. The maximum atomic E-state index is 13.1. The van der Waals surface area contributed by atoms with Crippen molar-refractivity contribution in [1.82, 2.24) is 5.32 Å². The van der Waals surface area contributed by atoms with Gasteiger partial charge in [0.25, 0.3) is 11.8 Å². The van der Waals surface area contributed by atoms with E-state index in [0.29, 0.717) is 27.3 Å². The molecule has 2 aliphatic rings. The molecule has 9 nitrogen and oxygen atoms in total. The highest BCUT2D eigenvalue weighted by atomic mass is 79.9. The summed E-state index contributed by atoms with van der Waals surface area (Å²) >= 11 is 3.32. The second kappa shape index (κ2) is 7.88. The molecule has 2 aromatic rings. The predicted octanol–water partition coefficient (Wildman–Crippen LogP) is 2.75. The van der Waals surface area contributed by atoms with E-state index >= 15 is 0 Å². The second-order valence-corrected chi connectivity index (χ2v) is 7.04. The second-order valence-electron chi connectivity index (χ2n) is 6.12. The Labute approximate surface area is 178 Å². The number of imide groups is 2. The van der Waals surface area contributed by atoms with Crippen molar-refractivity contribution < 1.29 is 28.6 Å². The summed E-state index contributed by atoms with van der Waals surface area (Å²) in [5.74, 6) is -0.472. The highest BCUT2D eigenvalue weighted by Crippen LogP contribution is 2.36.